The monoisotopic (exact) mass is 519 g/mol. The van der Waals surface area contributed by atoms with Gasteiger partial charge >= 0.3 is 5.97 Å². The fraction of sp³-hybridized carbons (Fsp3) is 0.433. The fourth-order valence-corrected chi connectivity index (χ4v) is 5.52. The molecule has 0 radical (unpaired) electrons. The summed E-state index contributed by atoms with van der Waals surface area (Å²) in [5.41, 5.74) is 5.77. The Morgan fingerprint density at radius 3 is 2.53 bits per heavy atom. The third kappa shape index (κ3) is 5.36. The molecule has 0 amide bonds. The molecule has 1 unspecified atom stereocenters. The van der Waals surface area contributed by atoms with Crippen molar-refractivity contribution in [3.63, 3.8) is 0 Å². The second-order valence-corrected chi connectivity index (χ2v) is 11.2. The number of carboxylic acid groups (broad SMARTS) is 1. The Hall–Kier alpha value is -3.52. The van der Waals surface area contributed by atoms with Crippen LogP contribution >= 0.6 is 0 Å². The van der Waals surface area contributed by atoms with Crippen LogP contribution in [0.15, 0.2) is 36.7 Å². The minimum atomic E-state index is -0.800. The molecule has 3 aromatic rings. The van der Waals surface area contributed by atoms with Crippen molar-refractivity contribution in [1.29, 1.82) is 0 Å². The largest absolute Gasteiger partial charge is 0.493 e. The Bertz CT molecular complexity index is 1340. The van der Waals surface area contributed by atoms with E-state index < -0.39 is 11.6 Å². The first kappa shape index (κ1) is 26.1. The van der Waals surface area contributed by atoms with Crippen LogP contribution in [0.4, 0.5) is 10.2 Å². The van der Waals surface area contributed by atoms with E-state index in [2.05, 4.69) is 15.3 Å². The molecule has 3 atom stereocenters. The van der Waals surface area contributed by atoms with E-state index in [0.29, 0.717) is 36.5 Å². The summed E-state index contributed by atoms with van der Waals surface area (Å²) in [6, 6.07) is 7.17. The van der Waals surface area contributed by atoms with Crippen LogP contribution in [-0.2, 0) is 11.2 Å². The summed E-state index contributed by atoms with van der Waals surface area (Å²) in [6.07, 6.45) is 5.81. The molecule has 200 valence electrons. The molecule has 0 bridgehead atoms. The van der Waals surface area contributed by atoms with Crippen molar-refractivity contribution in [3.8, 4) is 16.9 Å². The van der Waals surface area contributed by atoms with E-state index in [0.717, 1.165) is 46.4 Å². The molecular formula is C30H34FN3O4. The number of nitrogens with zero attached hydrogens (tertiary/aromatic N) is 2. The Labute approximate surface area is 222 Å². The maximum Gasteiger partial charge on any atom is 0.307 e. The molecule has 38 heavy (non-hydrogen) atoms. The standard InChI is InChI=1S/C30H34FN3O4/c1-16-11-18(38-10-9-30(3,4)37)12-17(2)27(16)19-5-7-23(31)28-20(19)6-8-24(28)34-26-15-32-25(14-33-26)21-13-22(21)29(35)36/h5,7,11-12,14-15,21-22,24,37H,6,8-10,13H2,1-4H3,(H,33,34)(H,35,36)/t21?,22-,24+/m0/s1. The van der Waals surface area contributed by atoms with Crippen LogP contribution < -0.4 is 10.1 Å². The molecule has 1 saturated carbocycles. The summed E-state index contributed by atoms with van der Waals surface area (Å²) < 4.78 is 21.1. The Morgan fingerprint density at radius 1 is 1.18 bits per heavy atom. The minimum Gasteiger partial charge on any atom is -0.493 e. The highest BCUT2D eigenvalue weighted by Crippen LogP contribution is 2.47. The van der Waals surface area contributed by atoms with Crippen LogP contribution in [0.5, 0.6) is 5.75 Å². The average Bonchev–Trinajstić information content (AvgIpc) is 3.54. The number of aliphatic carboxylic acids is 1. The zero-order valence-electron chi connectivity index (χ0n) is 22.2. The topological polar surface area (TPSA) is 105 Å². The van der Waals surface area contributed by atoms with Crippen molar-refractivity contribution < 1.29 is 24.1 Å². The number of rotatable bonds is 9. The highest BCUT2D eigenvalue weighted by atomic mass is 19.1. The SMILES string of the molecule is Cc1cc(OCCC(C)(C)O)cc(C)c1-c1ccc(F)c2c1CC[C@H]2Nc1cnc(C2C[C@@H]2C(=O)O)cn1. The van der Waals surface area contributed by atoms with Crippen LogP contribution in [0.25, 0.3) is 11.1 Å². The van der Waals surface area contributed by atoms with Gasteiger partial charge in [-0.25, -0.2) is 9.37 Å². The molecule has 2 aliphatic carbocycles. The van der Waals surface area contributed by atoms with Crippen molar-refractivity contribution in [1.82, 2.24) is 9.97 Å². The zero-order chi connectivity index (χ0) is 27.2. The number of fused-ring (bicyclic) bond motifs is 1. The number of benzene rings is 2. The lowest BCUT2D eigenvalue weighted by atomic mass is 9.90. The fourth-order valence-electron chi connectivity index (χ4n) is 5.52. The molecule has 2 aromatic carbocycles. The maximum absolute atomic E-state index is 15.2. The number of hydrogen-bond donors (Lipinski definition) is 3. The number of aryl methyl sites for hydroxylation is 2. The highest BCUT2D eigenvalue weighted by Gasteiger charge is 2.45. The van der Waals surface area contributed by atoms with Crippen molar-refractivity contribution in [2.45, 2.75) is 70.9 Å². The molecular weight excluding hydrogens is 485 g/mol. The summed E-state index contributed by atoms with van der Waals surface area (Å²) in [4.78, 5) is 20.0. The number of carboxylic acids is 1. The Morgan fingerprint density at radius 2 is 1.92 bits per heavy atom. The number of hydrogen-bond acceptors (Lipinski definition) is 6. The van der Waals surface area contributed by atoms with Crippen LogP contribution in [0, 0.1) is 25.6 Å². The maximum atomic E-state index is 15.2. The van der Waals surface area contributed by atoms with E-state index in [9.17, 15) is 9.90 Å². The minimum absolute atomic E-state index is 0.0777. The average molecular weight is 520 g/mol. The van der Waals surface area contributed by atoms with Gasteiger partial charge in [-0.1, -0.05) is 6.07 Å². The Balaban J connectivity index is 1.36. The summed E-state index contributed by atoms with van der Waals surface area (Å²) >= 11 is 0. The molecule has 0 aliphatic heterocycles. The second kappa shape index (κ2) is 9.98. The molecule has 0 spiro atoms. The molecule has 1 fully saturated rings. The second-order valence-electron chi connectivity index (χ2n) is 11.2. The number of ether oxygens (including phenoxy) is 1. The summed E-state index contributed by atoms with van der Waals surface area (Å²) in [5, 5.41) is 22.4. The van der Waals surface area contributed by atoms with Crippen molar-refractivity contribution in [2.75, 3.05) is 11.9 Å². The molecule has 5 rings (SSSR count). The van der Waals surface area contributed by atoms with Gasteiger partial charge in [0.1, 0.15) is 17.4 Å². The van der Waals surface area contributed by atoms with E-state index in [1.807, 2.05) is 32.0 Å². The van der Waals surface area contributed by atoms with Crippen molar-refractivity contribution >= 4 is 11.8 Å². The third-order valence-electron chi connectivity index (χ3n) is 7.57. The number of anilines is 1. The first-order valence-corrected chi connectivity index (χ1v) is 13.1. The number of aliphatic hydroxyl groups is 1. The predicted molar refractivity (Wildman–Crippen MR) is 143 cm³/mol. The van der Waals surface area contributed by atoms with Crippen LogP contribution in [0.2, 0.25) is 0 Å². The first-order chi connectivity index (χ1) is 18.0. The van der Waals surface area contributed by atoms with Crippen LogP contribution in [0.1, 0.15) is 73.0 Å². The van der Waals surface area contributed by atoms with E-state index in [-0.39, 0.29) is 23.7 Å². The van der Waals surface area contributed by atoms with Gasteiger partial charge in [0.05, 0.1) is 42.3 Å². The first-order valence-electron chi connectivity index (χ1n) is 13.1. The number of carbonyl (C=O) groups is 1. The van der Waals surface area contributed by atoms with Gasteiger partial charge in [0, 0.05) is 17.9 Å². The Kier molecular flexibility index (Phi) is 6.86. The predicted octanol–water partition coefficient (Wildman–Crippen LogP) is 5.73. The van der Waals surface area contributed by atoms with Crippen LogP contribution in [-0.4, -0.2) is 38.4 Å². The normalized spacial score (nSPS) is 20.2. The molecule has 0 saturated heterocycles. The summed E-state index contributed by atoms with van der Waals surface area (Å²) in [6.45, 7) is 8.03. The number of halogens is 1. The molecule has 2 aliphatic rings. The van der Waals surface area contributed by atoms with Gasteiger partial charge in [-0.2, -0.15) is 0 Å². The lowest BCUT2D eigenvalue weighted by molar-refractivity contribution is -0.138. The molecule has 1 heterocycles. The van der Waals surface area contributed by atoms with Gasteiger partial charge < -0.3 is 20.3 Å². The van der Waals surface area contributed by atoms with Gasteiger partial charge in [-0.15, -0.1) is 0 Å². The van der Waals surface area contributed by atoms with Crippen molar-refractivity contribution in [3.05, 3.63) is 70.4 Å². The van der Waals surface area contributed by atoms with Crippen molar-refractivity contribution in [2.24, 2.45) is 5.92 Å². The van der Waals surface area contributed by atoms with Crippen LogP contribution in [0.3, 0.4) is 0 Å². The number of aromatic nitrogens is 2. The quantitative estimate of drug-likeness (QED) is 0.332. The lowest BCUT2D eigenvalue weighted by Gasteiger charge is -2.20. The van der Waals surface area contributed by atoms with Gasteiger partial charge in [-0.3, -0.25) is 9.78 Å². The third-order valence-corrected chi connectivity index (χ3v) is 7.57. The van der Waals surface area contributed by atoms with E-state index in [1.165, 1.54) is 6.07 Å². The summed E-state index contributed by atoms with van der Waals surface area (Å²) in [7, 11) is 0. The zero-order valence-corrected chi connectivity index (χ0v) is 22.2. The molecule has 1 aromatic heterocycles. The van der Waals surface area contributed by atoms with E-state index in [4.69, 9.17) is 9.84 Å². The van der Waals surface area contributed by atoms with E-state index >= 15 is 4.39 Å². The summed E-state index contributed by atoms with van der Waals surface area (Å²) in [5.74, 6) is -0.194. The van der Waals surface area contributed by atoms with E-state index in [1.54, 1.807) is 26.2 Å². The molecule has 3 N–H and O–H groups in total. The van der Waals surface area contributed by atoms with Gasteiger partial charge in [0.15, 0.2) is 0 Å². The van der Waals surface area contributed by atoms with Gasteiger partial charge in [0.2, 0.25) is 0 Å². The smallest absolute Gasteiger partial charge is 0.307 e. The van der Waals surface area contributed by atoms with Gasteiger partial charge in [-0.05, 0) is 93.0 Å². The molecule has 7 nitrogen and oxygen atoms in total. The lowest BCUT2D eigenvalue weighted by Crippen LogP contribution is -2.21. The number of nitrogens with one attached hydrogen (secondary N) is 1. The highest BCUT2D eigenvalue weighted by molar-refractivity contribution is 5.77. The van der Waals surface area contributed by atoms with Gasteiger partial charge in [0.25, 0.3) is 0 Å². The molecule has 8 heteroatoms.